The van der Waals surface area contributed by atoms with Gasteiger partial charge >= 0.3 is 17.9 Å². The van der Waals surface area contributed by atoms with Crippen LogP contribution in [0, 0.1) is 34.0 Å². The summed E-state index contributed by atoms with van der Waals surface area (Å²) in [5, 5.41) is 37.6. The van der Waals surface area contributed by atoms with Gasteiger partial charge in [0.2, 0.25) is 6.29 Å². The van der Waals surface area contributed by atoms with Gasteiger partial charge in [-0.2, -0.15) is 0 Å². The number of ether oxygens (including phenoxy) is 8. The van der Waals surface area contributed by atoms with Crippen LogP contribution in [0.3, 0.4) is 0 Å². The Morgan fingerprint density at radius 2 is 1.76 bits per heavy atom. The van der Waals surface area contributed by atoms with Gasteiger partial charge in [-0.05, 0) is 38.0 Å². The molecule has 2 bridgehead atoms. The van der Waals surface area contributed by atoms with Gasteiger partial charge in [0.25, 0.3) is 5.79 Å². The Kier molecular flexibility index (Phi) is 7.50. The number of aliphatic hydroxyl groups excluding tert-OH is 1. The minimum atomic E-state index is -2.70. The number of aliphatic hydroxyl groups is 3. The summed E-state index contributed by atoms with van der Waals surface area (Å²) in [7, 11) is 1.12. The quantitative estimate of drug-likeness (QED) is 0.159. The number of hydrogen-bond acceptors (Lipinski definition) is 14. The van der Waals surface area contributed by atoms with Crippen molar-refractivity contribution in [1.29, 1.82) is 0 Å². The molecule has 5 heterocycles. The summed E-state index contributed by atoms with van der Waals surface area (Å²) in [5.41, 5.74) is -7.44. The first-order valence-corrected chi connectivity index (χ1v) is 18.4. The summed E-state index contributed by atoms with van der Waals surface area (Å²) in [6.07, 6.45) is -0.343. The molecule has 16 atom stereocenters. The van der Waals surface area contributed by atoms with Gasteiger partial charge in [-0.1, -0.05) is 50.8 Å². The third-order valence-electron chi connectivity index (χ3n) is 14.7. The molecule has 0 radical (unpaired) electrons. The number of rotatable bonds is 7. The van der Waals surface area contributed by atoms with Gasteiger partial charge in [-0.15, -0.1) is 0 Å². The molecule has 3 N–H and O–H groups in total. The maximum Gasteiger partial charge on any atom is 0.366 e. The lowest BCUT2D eigenvalue weighted by Gasteiger charge is -2.66. The highest BCUT2D eigenvalue weighted by Crippen LogP contribution is 2.83. The van der Waals surface area contributed by atoms with Crippen molar-refractivity contribution in [2.75, 3.05) is 20.3 Å². The normalized spacial score (nSPS) is 51.4. The van der Waals surface area contributed by atoms with E-state index in [2.05, 4.69) is 6.58 Å². The third kappa shape index (κ3) is 4.07. The van der Waals surface area contributed by atoms with Gasteiger partial charge in [-0.25, -0.2) is 14.4 Å². The van der Waals surface area contributed by atoms with Crippen molar-refractivity contribution in [2.24, 2.45) is 34.0 Å². The molecular weight excluding hydrogens is 704 g/mol. The molecule has 0 aromatic heterocycles. The predicted molar refractivity (Wildman–Crippen MR) is 183 cm³/mol. The monoisotopic (exact) mass is 750 g/mol. The molecule has 14 nitrogen and oxygen atoms in total. The number of carbonyl (C=O) groups excluding carboxylic acids is 3. The molecule has 7 fully saturated rings. The Balaban J connectivity index is 1.23. The van der Waals surface area contributed by atoms with E-state index in [0.29, 0.717) is 6.42 Å². The fraction of sp³-hybridized carbons (Fsp3) is 0.625. The van der Waals surface area contributed by atoms with Gasteiger partial charge in [-0.3, -0.25) is 0 Å². The molecule has 1 spiro atoms. The summed E-state index contributed by atoms with van der Waals surface area (Å²) in [6, 6.07) is 9.16. The van der Waals surface area contributed by atoms with E-state index in [0.717, 1.165) is 12.7 Å². The van der Waals surface area contributed by atoms with Crippen LogP contribution in [0.2, 0.25) is 0 Å². The van der Waals surface area contributed by atoms with Crippen molar-refractivity contribution < 1.29 is 67.6 Å². The summed E-state index contributed by atoms with van der Waals surface area (Å²) < 4.78 is 49.5. The van der Waals surface area contributed by atoms with E-state index in [4.69, 9.17) is 37.9 Å². The number of esters is 3. The molecule has 4 saturated heterocycles. The van der Waals surface area contributed by atoms with Crippen LogP contribution < -0.4 is 0 Å². The lowest BCUT2D eigenvalue weighted by molar-refractivity contribution is -0.314. The van der Waals surface area contributed by atoms with Crippen LogP contribution in [0.25, 0.3) is 6.08 Å². The smallest absolute Gasteiger partial charge is 0.366 e. The lowest BCUT2D eigenvalue weighted by atomic mass is 9.37. The molecule has 1 aromatic rings. The summed E-state index contributed by atoms with van der Waals surface area (Å²) in [6.45, 7) is 10.4. The van der Waals surface area contributed by atoms with E-state index in [9.17, 15) is 29.7 Å². The Morgan fingerprint density at radius 3 is 2.46 bits per heavy atom. The van der Waals surface area contributed by atoms with Crippen molar-refractivity contribution in [3.63, 3.8) is 0 Å². The van der Waals surface area contributed by atoms with Crippen molar-refractivity contribution >= 4 is 24.0 Å². The van der Waals surface area contributed by atoms with E-state index in [1.165, 1.54) is 19.3 Å². The Morgan fingerprint density at radius 1 is 1.02 bits per heavy atom. The minimum absolute atomic E-state index is 0.0114. The highest BCUT2D eigenvalue weighted by molar-refractivity contribution is 5.88. The van der Waals surface area contributed by atoms with Crippen molar-refractivity contribution in [1.82, 2.24) is 0 Å². The number of benzene rings is 1. The molecule has 16 unspecified atom stereocenters. The molecule has 290 valence electrons. The topological polar surface area (TPSA) is 189 Å². The molecule has 8 aliphatic rings. The zero-order valence-corrected chi connectivity index (χ0v) is 30.8. The summed E-state index contributed by atoms with van der Waals surface area (Å²) >= 11 is 0. The first kappa shape index (κ1) is 36.0. The molecule has 3 aliphatic carbocycles. The van der Waals surface area contributed by atoms with E-state index >= 15 is 0 Å². The Hall–Kier alpha value is -3.63. The molecule has 9 rings (SSSR count). The van der Waals surface area contributed by atoms with E-state index in [1.807, 2.05) is 44.2 Å². The molecule has 14 heteroatoms. The second-order valence-corrected chi connectivity index (χ2v) is 17.1. The van der Waals surface area contributed by atoms with Crippen LogP contribution in [0.4, 0.5) is 0 Å². The van der Waals surface area contributed by atoms with E-state index < -0.39 is 111 Å². The number of carbonyl (C=O) groups is 3. The summed E-state index contributed by atoms with van der Waals surface area (Å²) in [5.74, 6) is -7.98. The fourth-order valence-corrected chi connectivity index (χ4v) is 12.6. The average molecular weight is 751 g/mol. The zero-order chi connectivity index (χ0) is 38.4. The van der Waals surface area contributed by atoms with Crippen LogP contribution in [0.15, 0.2) is 60.9 Å². The van der Waals surface area contributed by atoms with Crippen molar-refractivity contribution in [3.8, 4) is 0 Å². The van der Waals surface area contributed by atoms with Crippen LogP contribution in [0.1, 0.15) is 46.1 Å². The molecule has 0 amide bonds. The molecule has 54 heavy (non-hydrogen) atoms. The largest absolute Gasteiger partial charge is 0.469 e. The zero-order valence-electron chi connectivity index (χ0n) is 30.8. The first-order chi connectivity index (χ1) is 25.5. The number of hydrogen-bond donors (Lipinski definition) is 3. The molecular formula is C40H46O14. The number of fused-ring (bicyclic) bond motifs is 7. The predicted octanol–water partition coefficient (Wildman–Crippen LogP) is 1.95. The molecule has 5 aliphatic heterocycles. The van der Waals surface area contributed by atoms with Gasteiger partial charge < -0.3 is 53.2 Å². The van der Waals surface area contributed by atoms with E-state index in [1.54, 1.807) is 19.1 Å². The van der Waals surface area contributed by atoms with E-state index in [-0.39, 0.29) is 25.2 Å². The first-order valence-electron chi connectivity index (χ1n) is 18.4. The van der Waals surface area contributed by atoms with Crippen LogP contribution in [0.5, 0.6) is 0 Å². The van der Waals surface area contributed by atoms with Gasteiger partial charge in [0, 0.05) is 52.1 Å². The maximum atomic E-state index is 14.0. The summed E-state index contributed by atoms with van der Waals surface area (Å²) in [4.78, 5) is 41.0. The number of epoxide rings is 1. The van der Waals surface area contributed by atoms with Crippen LogP contribution >= 0.6 is 0 Å². The van der Waals surface area contributed by atoms with Crippen LogP contribution in [-0.4, -0.2) is 113 Å². The fourth-order valence-electron chi connectivity index (χ4n) is 12.6. The Labute approximate surface area is 311 Å². The minimum Gasteiger partial charge on any atom is -0.469 e. The Bertz CT molecular complexity index is 1880. The van der Waals surface area contributed by atoms with Crippen molar-refractivity contribution in [3.05, 3.63) is 66.5 Å². The standard InChI is InChI=1S/C40H46O14/c1-20(2)30(43)52-23-17-24(51-26(41)13-12-21-10-8-7-9-11-21)37-19-50-39(46,32(44)47-6)31(37)35(4,29(42)27-28(37)34(23,3)18-49-27)40-25-16-22(36(40,5)54-40)38(45)14-15-48-33(38)53-25/h7-15,22-25,27-29,31,33,42,45-46H,1,16-19H2,2-6H3. The molecule has 3 saturated carbocycles. The second-order valence-electron chi connectivity index (χ2n) is 17.1. The van der Waals surface area contributed by atoms with Gasteiger partial charge in [0.15, 0.2) is 5.60 Å². The van der Waals surface area contributed by atoms with Gasteiger partial charge in [0.1, 0.15) is 23.4 Å². The lowest BCUT2D eigenvalue weighted by Crippen LogP contribution is -2.78. The van der Waals surface area contributed by atoms with Crippen LogP contribution in [-0.2, 0) is 52.3 Å². The molecule has 1 aromatic carbocycles. The average Bonchev–Trinajstić information content (AvgIpc) is 3.47. The van der Waals surface area contributed by atoms with Crippen molar-refractivity contribution in [2.45, 2.75) is 99.9 Å². The van der Waals surface area contributed by atoms with Gasteiger partial charge in [0.05, 0.1) is 44.9 Å². The highest BCUT2D eigenvalue weighted by atomic mass is 16.7. The SMILES string of the molecule is C=C(C)C(=O)OC1CC(OC(=O)C=Cc2ccccc2)C23COC(O)(C(=O)OC)C2C(C)(C24OC2(C)C2CC4OC4OC=CC42O)C(O)C2OCC1(C)C23. The highest BCUT2D eigenvalue weighted by Gasteiger charge is 2.96. The maximum absolute atomic E-state index is 14.0. The number of methoxy groups -OCH3 is 1. The second kappa shape index (κ2) is 11.2. The third-order valence-corrected chi connectivity index (χ3v) is 14.7.